The predicted molar refractivity (Wildman–Crippen MR) is 141 cm³/mol. The van der Waals surface area contributed by atoms with E-state index in [-0.39, 0.29) is 42.9 Å². The van der Waals surface area contributed by atoms with Crippen LogP contribution in [-0.4, -0.2) is 82.7 Å². The third kappa shape index (κ3) is 16.3. The van der Waals surface area contributed by atoms with Crippen LogP contribution in [0.15, 0.2) is 40.4 Å². The summed E-state index contributed by atoms with van der Waals surface area (Å²) in [5.41, 5.74) is 11.6. The molecule has 21 heteroatoms. The lowest BCUT2D eigenvalue weighted by atomic mass is 10.1. The summed E-state index contributed by atoms with van der Waals surface area (Å²) in [6.07, 6.45) is -7.92. The van der Waals surface area contributed by atoms with E-state index >= 15 is 0 Å². The minimum Gasteiger partial charge on any atom is -0.497 e. The number of anilines is 1. The van der Waals surface area contributed by atoms with E-state index in [1.54, 1.807) is 20.2 Å². The number of aliphatic carboxylic acids is 2. The molecule has 8 N–H and O–H groups in total. The summed E-state index contributed by atoms with van der Waals surface area (Å²) in [5.74, 6) is -5.08. The van der Waals surface area contributed by atoms with E-state index in [2.05, 4.69) is 20.8 Å². The van der Waals surface area contributed by atoms with Gasteiger partial charge in [0.15, 0.2) is 5.82 Å². The average molecular weight is 646 g/mol. The average Bonchev–Trinajstić information content (AvgIpc) is 2.92. The third-order valence-corrected chi connectivity index (χ3v) is 4.59. The second kappa shape index (κ2) is 18.3. The van der Waals surface area contributed by atoms with Gasteiger partial charge in [-0.25, -0.2) is 14.6 Å². The minimum atomic E-state index is -5.08. The standard InChI is InChI=1S/C19H27N7O4.2C2HF3O2/c1-13-11-24-17(23-8-7-14-3-5-15(29-2)6-4-14)18(28)26(13)12-16(27)22-9-10-30-25-19(20)21;2*3-2(4,5)1(6)7/h3-6,11H,7-10,12H2,1-2H3,(H,22,27)(H,23,24)(H4,20,21,25);2*(H,6,7). The number of alkyl halides is 6. The van der Waals surface area contributed by atoms with Crippen molar-refractivity contribution in [3.05, 3.63) is 52.1 Å². The Balaban J connectivity index is 0.00000109. The lowest BCUT2D eigenvalue weighted by molar-refractivity contribution is -0.193. The maximum absolute atomic E-state index is 12.7. The van der Waals surface area contributed by atoms with Crippen molar-refractivity contribution >= 4 is 29.6 Å². The lowest BCUT2D eigenvalue weighted by Crippen LogP contribution is -2.36. The molecule has 0 saturated heterocycles. The first-order chi connectivity index (χ1) is 20.3. The number of amides is 1. The number of rotatable bonds is 11. The van der Waals surface area contributed by atoms with Crippen LogP contribution in [0.1, 0.15) is 11.3 Å². The van der Waals surface area contributed by atoms with Gasteiger partial charge in [0.25, 0.3) is 5.56 Å². The number of methoxy groups -OCH3 is 1. The molecule has 0 bridgehead atoms. The van der Waals surface area contributed by atoms with Crippen LogP contribution in [0.4, 0.5) is 32.2 Å². The predicted octanol–water partition coefficient (Wildman–Crippen LogP) is 0.803. The van der Waals surface area contributed by atoms with Crippen molar-refractivity contribution < 1.29 is 60.5 Å². The van der Waals surface area contributed by atoms with Crippen molar-refractivity contribution in [3.63, 3.8) is 0 Å². The minimum absolute atomic E-state index is 0.103. The molecule has 246 valence electrons. The van der Waals surface area contributed by atoms with Crippen LogP contribution in [0.25, 0.3) is 0 Å². The number of carboxylic acid groups (broad SMARTS) is 2. The third-order valence-electron chi connectivity index (χ3n) is 4.59. The van der Waals surface area contributed by atoms with Crippen molar-refractivity contribution in [1.82, 2.24) is 14.9 Å². The van der Waals surface area contributed by atoms with E-state index in [4.69, 9.17) is 40.8 Å². The lowest BCUT2D eigenvalue weighted by Gasteiger charge is -2.12. The quantitative estimate of drug-likeness (QED) is 0.0655. The van der Waals surface area contributed by atoms with E-state index in [1.807, 2.05) is 24.3 Å². The molecule has 0 aliphatic heterocycles. The maximum Gasteiger partial charge on any atom is 0.490 e. The molecule has 1 aromatic carbocycles. The largest absolute Gasteiger partial charge is 0.497 e. The summed E-state index contributed by atoms with van der Waals surface area (Å²) >= 11 is 0. The number of benzene rings is 1. The molecule has 0 spiro atoms. The molecule has 1 aromatic heterocycles. The molecule has 1 amide bonds. The number of nitrogens with two attached hydrogens (primary N) is 2. The summed E-state index contributed by atoms with van der Waals surface area (Å²) in [5, 5.41) is 23.3. The Labute approximate surface area is 244 Å². The first-order valence-corrected chi connectivity index (χ1v) is 11.8. The zero-order valence-corrected chi connectivity index (χ0v) is 23.0. The Bertz CT molecular complexity index is 1290. The SMILES string of the molecule is COc1ccc(CCNc2ncc(C)n(CC(=O)NCCON=C(N)N)c2=O)cc1.O=C(O)C(F)(F)F.O=C(O)C(F)(F)F. The summed E-state index contributed by atoms with van der Waals surface area (Å²) in [4.78, 5) is 51.5. The fourth-order valence-corrected chi connectivity index (χ4v) is 2.56. The van der Waals surface area contributed by atoms with Crippen LogP contribution in [0.3, 0.4) is 0 Å². The molecule has 2 aromatic rings. The number of aryl methyl sites for hydroxylation is 1. The van der Waals surface area contributed by atoms with Gasteiger partial charge in [-0.1, -0.05) is 12.1 Å². The Hall–Kier alpha value is -5.24. The second-order valence-electron chi connectivity index (χ2n) is 7.97. The second-order valence-corrected chi connectivity index (χ2v) is 7.97. The van der Waals surface area contributed by atoms with Crippen molar-refractivity contribution in [3.8, 4) is 5.75 Å². The number of hydrogen-bond donors (Lipinski definition) is 6. The number of carbonyl (C=O) groups is 3. The fourth-order valence-electron chi connectivity index (χ4n) is 2.56. The number of guanidine groups is 1. The van der Waals surface area contributed by atoms with Crippen molar-refractivity contribution in [2.45, 2.75) is 32.2 Å². The molecule has 0 aliphatic carbocycles. The highest BCUT2D eigenvalue weighted by atomic mass is 19.4. The van der Waals surface area contributed by atoms with Gasteiger partial charge >= 0.3 is 24.3 Å². The Morgan fingerprint density at radius 3 is 1.98 bits per heavy atom. The number of carbonyl (C=O) groups excluding carboxylic acids is 1. The number of nitrogens with zero attached hydrogens (tertiary/aromatic N) is 3. The van der Waals surface area contributed by atoms with E-state index in [1.165, 1.54) is 4.57 Å². The topological polar surface area (TPSA) is 233 Å². The first-order valence-electron chi connectivity index (χ1n) is 11.8. The molecule has 0 aliphatic rings. The van der Waals surface area contributed by atoms with Gasteiger partial charge in [0.05, 0.1) is 13.7 Å². The number of oxime groups is 1. The number of nitrogens with one attached hydrogen (secondary N) is 2. The summed E-state index contributed by atoms with van der Waals surface area (Å²) < 4.78 is 70.0. The Morgan fingerprint density at radius 2 is 1.52 bits per heavy atom. The van der Waals surface area contributed by atoms with E-state index in [0.29, 0.717) is 18.7 Å². The first kappa shape index (κ1) is 38.8. The summed E-state index contributed by atoms with van der Waals surface area (Å²) in [6, 6.07) is 7.69. The monoisotopic (exact) mass is 645 g/mol. The number of carboxylic acids is 2. The summed E-state index contributed by atoms with van der Waals surface area (Å²) in [6.45, 7) is 2.40. The van der Waals surface area contributed by atoms with Crippen LogP contribution in [0.2, 0.25) is 0 Å². The Morgan fingerprint density at radius 1 is 1.00 bits per heavy atom. The molecule has 0 saturated carbocycles. The maximum atomic E-state index is 12.7. The molecule has 44 heavy (non-hydrogen) atoms. The molecule has 1 heterocycles. The van der Waals surface area contributed by atoms with Crippen LogP contribution < -0.4 is 32.4 Å². The number of halogens is 6. The van der Waals surface area contributed by atoms with Gasteiger partial charge in [0.1, 0.15) is 18.9 Å². The van der Waals surface area contributed by atoms with Crippen LogP contribution in [0, 0.1) is 6.92 Å². The zero-order chi connectivity index (χ0) is 34.1. The van der Waals surface area contributed by atoms with Gasteiger partial charge in [0.2, 0.25) is 11.9 Å². The molecule has 0 atom stereocenters. The van der Waals surface area contributed by atoms with Gasteiger partial charge in [-0.15, -0.1) is 0 Å². The molecule has 0 fully saturated rings. The van der Waals surface area contributed by atoms with Gasteiger partial charge < -0.3 is 41.9 Å². The molecular weight excluding hydrogens is 616 g/mol. The smallest absolute Gasteiger partial charge is 0.490 e. The van der Waals surface area contributed by atoms with Crippen LogP contribution >= 0.6 is 0 Å². The van der Waals surface area contributed by atoms with Crippen molar-refractivity contribution in [1.29, 1.82) is 0 Å². The van der Waals surface area contributed by atoms with Crippen LogP contribution in [-0.2, 0) is 32.2 Å². The summed E-state index contributed by atoms with van der Waals surface area (Å²) in [7, 11) is 1.62. The normalized spacial score (nSPS) is 10.5. The highest BCUT2D eigenvalue weighted by Gasteiger charge is 2.38. The molecule has 0 radical (unpaired) electrons. The Kier molecular flexibility index (Phi) is 16.1. The van der Waals surface area contributed by atoms with E-state index in [0.717, 1.165) is 11.3 Å². The molecular formula is C23H29F6N7O8. The highest BCUT2D eigenvalue weighted by Crippen LogP contribution is 2.14. The van der Waals surface area contributed by atoms with Gasteiger partial charge in [-0.2, -0.15) is 26.3 Å². The van der Waals surface area contributed by atoms with Crippen LogP contribution in [0.5, 0.6) is 5.75 Å². The zero-order valence-electron chi connectivity index (χ0n) is 23.0. The number of hydrogen-bond acceptors (Lipinski definition) is 9. The fraction of sp³-hybridized carbons (Fsp3) is 0.391. The molecule has 0 unspecified atom stereocenters. The molecule has 15 nitrogen and oxygen atoms in total. The van der Waals surface area contributed by atoms with Crippen molar-refractivity contribution in [2.24, 2.45) is 16.6 Å². The highest BCUT2D eigenvalue weighted by molar-refractivity contribution is 5.76. The number of ether oxygens (including phenoxy) is 1. The van der Waals surface area contributed by atoms with Gasteiger partial charge in [-0.05, 0) is 36.2 Å². The number of aromatic nitrogens is 2. The van der Waals surface area contributed by atoms with Gasteiger partial charge in [0, 0.05) is 18.4 Å². The van der Waals surface area contributed by atoms with Crippen molar-refractivity contribution in [2.75, 3.05) is 32.1 Å². The van der Waals surface area contributed by atoms with Gasteiger partial charge in [-0.3, -0.25) is 14.2 Å². The van der Waals surface area contributed by atoms with E-state index in [9.17, 15) is 35.9 Å². The van der Waals surface area contributed by atoms with E-state index < -0.39 is 24.3 Å². The molecule has 2 rings (SSSR count).